The summed E-state index contributed by atoms with van der Waals surface area (Å²) in [4.78, 5) is 15.4. The number of rotatable bonds is 6. The lowest BCUT2D eigenvalue weighted by atomic mass is 10.1. The molecule has 1 amide bonds. The van der Waals surface area contributed by atoms with Gasteiger partial charge < -0.3 is 19.7 Å². The summed E-state index contributed by atoms with van der Waals surface area (Å²) in [6.07, 6.45) is 0. The first-order valence-corrected chi connectivity index (χ1v) is 12.4. The molecule has 2 saturated heterocycles. The molecule has 2 aliphatic heterocycles. The summed E-state index contributed by atoms with van der Waals surface area (Å²) in [5.74, 6) is -0.881. The van der Waals surface area contributed by atoms with E-state index in [1.165, 1.54) is 22.5 Å². The van der Waals surface area contributed by atoms with E-state index in [0.29, 0.717) is 50.8 Å². The zero-order valence-corrected chi connectivity index (χ0v) is 19.3. The molecule has 1 N–H and O–H groups in total. The molecule has 4 rings (SSSR count). The van der Waals surface area contributed by atoms with Crippen molar-refractivity contribution in [3.8, 4) is 0 Å². The van der Waals surface area contributed by atoms with E-state index >= 15 is 0 Å². The van der Waals surface area contributed by atoms with E-state index in [1.807, 2.05) is 4.90 Å². The number of carbonyl (C=O) groups is 1. The van der Waals surface area contributed by atoms with Crippen LogP contribution in [0.4, 0.5) is 10.1 Å². The van der Waals surface area contributed by atoms with Gasteiger partial charge in [0.2, 0.25) is 10.0 Å². The van der Waals surface area contributed by atoms with E-state index < -0.39 is 27.8 Å². The minimum atomic E-state index is -3.78. The molecule has 2 aliphatic rings. The van der Waals surface area contributed by atoms with Crippen LogP contribution in [-0.4, -0.2) is 71.2 Å². The van der Waals surface area contributed by atoms with E-state index in [-0.39, 0.29) is 23.5 Å². The third-order valence-corrected chi connectivity index (χ3v) is 7.79. The van der Waals surface area contributed by atoms with Gasteiger partial charge in [-0.3, -0.25) is 4.79 Å². The van der Waals surface area contributed by atoms with E-state index in [9.17, 15) is 17.6 Å². The van der Waals surface area contributed by atoms with Crippen LogP contribution in [0.15, 0.2) is 47.4 Å². The van der Waals surface area contributed by atoms with Gasteiger partial charge in [0.25, 0.3) is 5.91 Å². The summed E-state index contributed by atoms with van der Waals surface area (Å²) in [6.45, 7) is 5.08. The Morgan fingerprint density at radius 3 is 2.30 bits per heavy atom. The van der Waals surface area contributed by atoms with Crippen molar-refractivity contribution in [1.82, 2.24) is 9.62 Å². The number of nitrogens with one attached hydrogen (secondary N) is 1. The predicted molar refractivity (Wildman–Crippen MR) is 121 cm³/mol. The molecule has 0 aliphatic carbocycles. The van der Waals surface area contributed by atoms with Crippen LogP contribution in [0.25, 0.3) is 0 Å². The van der Waals surface area contributed by atoms with Gasteiger partial charge in [-0.05, 0) is 31.2 Å². The third kappa shape index (κ3) is 5.19. The molecule has 0 aromatic heterocycles. The van der Waals surface area contributed by atoms with Gasteiger partial charge in [0, 0.05) is 37.4 Å². The molecule has 2 aromatic rings. The fraction of sp³-hybridized carbons (Fsp3) is 0.435. The first-order valence-electron chi connectivity index (χ1n) is 11.0. The minimum absolute atomic E-state index is 0.0464. The van der Waals surface area contributed by atoms with Gasteiger partial charge in [-0.25, -0.2) is 12.8 Å². The Bertz CT molecular complexity index is 1100. The summed E-state index contributed by atoms with van der Waals surface area (Å²) in [7, 11) is -3.78. The number of anilines is 1. The Morgan fingerprint density at radius 2 is 1.64 bits per heavy atom. The standard InChI is InChI=1S/C23H28FN3O5S/c1-17(19-4-2-3-5-21(19)24)25-23(28)20-16-18(33(29,30)27-10-14-32-15-11-27)6-7-22(20)26-8-12-31-13-9-26/h2-7,16-17H,8-15H2,1H3,(H,25,28). The second-order valence-corrected chi connectivity index (χ2v) is 9.95. The number of sulfonamides is 1. The predicted octanol–water partition coefficient (Wildman–Crippen LogP) is 2.17. The monoisotopic (exact) mass is 477 g/mol. The smallest absolute Gasteiger partial charge is 0.253 e. The highest BCUT2D eigenvalue weighted by Crippen LogP contribution is 2.28. The second-order valence-electron chi connectivity index (χ2n) is 8.01. The van der Waals surface area contributed by atoms with E-state index in [4.69, 9.17) is 9.47 Å². The molecule has 0 radical (unpaired) electrons. The van der Waals surface area contributed by atoms with Crippen molar-refractivity contribution in [3.05, 3.63) is 59.4 Å². The number of carbonyl (C=O) groups excluding carboxylic acids is 1. The van der Waals surface area contributed by atoms with Gasteiger partial charge in [0.15, 0.2) is 0 Å². The lowest BCUT2D eigenvalue weighted by molar-refractivity contribution is 0.0730. The Labute approximate surface area is 193 Å². The number of nitrogens with zero attached hydrogens (tertiary/aromatic N) is 2. The maximum absolute atomic E-state index is 14.2. The SMILES string of the molecule is CC(NC(=O)c1cc(S(=O)(=O)N2CCOCC2)ccc1N1CCOCC1)c1ccccc1F. The Hall–Kier alpha value is -2.53. The number of amides is 1. The number of hydrogen-bond donors (Lipinski definition) is 1. The molecule has 0 spiro atoms. The fourth-order valence-corrected chi connectivity index (χ4v) is 5.49. The number of hydrogen-bond acceptors (Lipinski definition) is 6. The van der Waals surface area contributed by atoms with Crippen LogP contribution in [0.1, 0.15) is 28.9 Å². The van der Waals surface area contributed by atoms with Crippen molar-refractivity contribution in [1.29, 1.82) is 0 Å². The third-order valence-electron chi connectivity index (χ3n) is 5.89. The minimum Gasteiger partial charge on any atom is -0.379 e. The van der Waals surface area contributed by atoms with Crippen LogP contribution >= 0.6 is 0 Å². The Kier molecular flexibility index (Phi) is 7.28. The highest BCUT2D eigenvalue weighted by atomic mass is 32.2. The highest BCUT2D eigenvalue weighted by molar-refractivity contribution is 7.89. The van der Waals surface area contributed by atoms with Crippen molar-refractivity contribution in [3.63, 3.8) is 0 Å². The Morgan fingerprint density at radius 1 is 1.00 bits per heavy atom. The van der Waals surface area contributed by atoms with Crippen LogP contribution < -0.4 is 10.2 Å². The van der Waals surface area contributed by atoms with Crippen LogP contribution in [0.5, 0.6) is 0 Å². The molecular weight excluding hydrogens is 449 g/mol. The summed E-state index contributed by atoms with van der Waals surface area (Å²) < 4.78 is 52.7. The van der Waals surface area contributed by atoms with Crippen LogP contribution in [-0.2, 0) is 19.5 Å². The molecule has 2 fully saturated rings. The highest BCUT2D eigenvalue weighted by Gasteiger charge is 2.29. The van der Waals surface area contributed by atoms with Gasteiger partial charge in [0.05, 0.1) is 42.9 Å². The van der Waals surface area contributed by atoms with Crippen molar-refractivity contribution >= 4 is 21.6 Å². The zero-order chi connectivity index (χ0) is 23.4. The zero-order valence-electron chi connectivity index (χ0n) is 18.5. The number of benzene rings is 2. The maximum Gasteiger partial charge on any atom is 0.253 e. The van der Waals surface area contributed by atoms with Crippen molar-refractivity contribution < 1.29 is 27.1 Å². The molecule has 0 bridgehead atoms. The average molecular weight is 478 g/mol. The number of ether oxygens (including phenoxy) is 2. The lowest BCUT2D eigenvalue weighted by Gasteiger charge is -2.31. The second kappa shape index (κ2) is 10.2. The molecule has 0 saturated carbocycles. The van der Waals surface area contributed by atoms with Gasteiger partial charge in [0.1, 0.15) is 5.82 Å². The number of morpholine rings is 2. The van der Waals surface area contributed by atoms with Crippen LogP contribution in [0.3, 0.4) is 0 Å². The molecular formula is C23H28FN3O5S. The molecule has 1 unspecified atom stereocenters. The summed E-state index contributed by atoms with van der Waals surface area (Å²) in [6, 6.07) is 10.3. The topological polar surface area (TPSA) is 88.2 Å². The summed E-state index contributed by atoms with van der Waals surface area (Å²) >= 11 is 0. The largest absolute Gasteiger partial charge is 0.379 e. The normalized spacial score (nSPS) is 18.7. The van der Waals surface area contributed by atoms with Gasteiger partial charge in [-0.15, -0.1) is 0 Å². The van der Waals surface area contributed by atoms with Crippen LogP contribution in [0.2, 0.25) is 0 Å². The van der Waals surface area contributed by atoms with Gasteiger partial charge in [-0.1, -0.05) is 18.2 Å². The van der Waals surface area contributed by atoms with Crippen molar-refractivity contribution in [2.45, 2.75) is 17.9 Å². The van der Waals surface area contributed by atoms with Crippen molar-refractivity contribution in [2.75, 3.05) is 57.5 Å². The molecule has 33 heavy (non-hydrogen) atoms. The molecule has 2 heterocycles. The average Bonchev–Trinajstić information content (AvgIpc) is 2.85. The lowest BCUT2D eigenvalue weighted by Crippen LogP contribution is -2.41. The molecule has 1 atom stereocenters. The van der Waals surface area contributed by atoms with E-state index in [2.05, 4.69) is 5.32 Å². The van der Waals surface area contributed by atoms with Gasteiger partial charge in [-0.2, -0.15) is 4.31 Å². The first kappa shape index (κ1) is 23.6. The van der Waals surface area contributed by atoms with Gasteiger partial charge >= 0.3 is 0 Å². The van der Waals surface area contributed by atoms with E-state index in [0.717, 1.165) is 0 Å². The van der Waals surface area contributed by atoms with Crippen LogP contribution in [0, 0.1) is 5.82 Å². The summed E-state index contributed by atoms with van der Waals surface area (Å²) in [5.41, 5.74) is 1.21. The molecule has 178 valence electrons. The fourth-order valence-electron chi connectivity index (χ4n) is 4.05. The maximum atomic E-state index is 14.2. The quantitative estimate of drug-likeness (QED) is 0.686. The molecule has 10 heteroatoms. The first-order chi connectivity index (χ1) is 15.9. The molecule has 8 nitrogen and oxygen atoms in total. The Balaban J connectivity index is 1.67. The van der Waals surface area contributed by atoms with E-state index in [1.54, 1.807) is 31.2 Å². The van der Waals surface area contributed by atoms with Crippen molar-refractivity contribution in [2.24, 2.45) is 0 Å². The number of halogens is 1. The molecule has 2 aromatic carbocycles. The summed E-state index contributed by atoms with van der Waals surface area (Å²) in [5, 5.41) is 2.83.